The van der Waals surface area contributed by atoms with E-state index in [2.05, 4.69) is 10.3 Å². The molecule has 1 aromatic rings. The molecule has 1 rings (SSSR count). The first kappa shape index (κ1) is 13.7. The summed E-state index contributed by atoms with van der Waals surface area (Å²) in [7, 11) is 0. The van der Waals surface area contributed by atoms with Crippen molar-refractivity contribution < 1.29 is 18.7 Å². The molecule has 0 spiro atoms. The fourth-order valence-corrected chi connectivity index (χ4v) is 1.55. The van der Waals surface area contributed by atoms with E-state index in [4.69, 9.17) is 5.11 Å². The number of halogens is 2. The highest BCUT2D eigenvalue weighted by atomic mass is 32.1. The van der Waals surface area contributed by atoms with Crippen LogP contribution in [0.1, 0.15) is 10.7 Å². The molecule has 1 atom stereocenters. The van der Waals surface area contributed by atoms with Crippen molar-refractivity contribution in [1.29, 1.82) is 0 Å². The number of amides is 1. The number of aromatic nitrogens is 1. The summed E-state index contributed by atoms with van der Waals surface area (Å²) in [6, 6.07) is 0. The van der Waals surface area contributed by atoms with Gasteiger partial charge in [0.25, 0.3) is 6.43 Å². The molecule has 0 bridgehead atoms. The molecule has 2 N–H and O–H groups in total. The second-order valence-electron chi connectivity index (χ2n) is 3.27. The minimum Gasteiger partial charge on any atom is -0.385 e. The van der Waals surface area contributed by atoms with Gasteiger partial charge in [0.2, 0.25) is 5.91 Å². The van der Waals surface area contributed by atoms with Crippen LogP contribution in [0.4, 0.5) is 8.78 Å². The molecule has 0 aromatic carbocycles. The summed E-state index contributed by atoms with van der Waals surface area (Å²) < 4.78 is 23.8. The van der Waals surface area contributed by atoms with E-state index >= 15 is 0 Å². The molecule has 1 unspecified atom stereocenters. The Labute approximate surface area is 101 Å². The van der Waals surface area contributed by atoms with Gasteiger partial charge in [-0.15, -0.1) is 11.3 Å². The fourth-order valence-electron chi connectivity index (χ4n) is 0.971. The summed E-state index contributed by atoms with van der Waals surface area (Å²) in [5.41, 5.74) is 0.636. The standard InChI is InChI=1S/C10H12F2N2O2S/c1-6-14-7(5-17-6)2-3-9(16)13-4-8(15)10(11)12/h2-3,5,8,10,15H,4H2,1H3,(H,13,16)/b3-2+. The zero-order chi connectivity index (χ0) is 12.8. The molecule has 0 saturated heterocycles. The topological polar surface area (TPSA) is 62.2 Å². The van der Waals surface area contributed by atoms with Gasteiger partial charge in [-0.05, 0) is 13.0 Å². The minimum absolute atomic E-state index is 0.475. The van der Waals surface area contributed by atoms with E-state index in [9.17, 15) is 13.6 Å². The monoisotopic (exact) mass is 262 g/mol. The number of hydrogen-bond donors (Lipinski definition) is 2. The number of hydrogen-bond acceptors (Lipinski definition) is 4. The van der Waals surface area contributed by atoms with Crippen molar-refractivity contribution in [2.45, 2.75) is 19.5 Å². The summed E-state index contributed by atoms with van der Waals surface area (Å²) in [6.45, 7) is 1.36. The molecule has 0 fully saturated rings. The molecule has 1 amide bonds. The van der Waals surface area contributed by atoms with Crippen LogP contribution in [-0.4, -0.2) is 35.1 Å². The Morgan fingerprint density at radius 2 is 2.41 bits per heavy atom. The van der Waals surface area contributed by atoms with E-state index < -0.39 is 25.0 Å². The molecule has 0 aliphatic heterocycles. The summed E-state index contributed by atoms with van der Waals surface area (Å²) in [4.78, 5) is 15.3. The van der Waals surface area contributed by atoms with E-state index in [0.29, 0.717) is 5.69 Å². The number of carbonyl (C=O) groups excluding carboxylic acids is 1. The van der Waals surface area contributed by atoms with Gasteiger partial charge in [-0.25, -0.2) is 13.8 Å². The predicted molar refractivity (Wildman–Crippen MR) is 60.9 cm³/mol. The molecule has 0 radical (unpaired) electrons. The van der Waals surface area contributed by atoms with Gasteiger partial charge in [-0.1, -0.05) is 0 Å². The molecular weight excluding hydrogens is 250 g/mol. The summed E-state index contributed by atoms with van der Waals surface area (Å²) in [5.74, 6) is -0.546. The van der Waals surface area contributed by atoms with Crippen molar-refractivity contribution in [3.63, 3.8) is 0 Å². The van der Waals surface area contributed by atoms with Crippen molar-refractivity contribution in [3.8, 4) is 0 Å². The van der Waals surface area contributed by atoms with Crippen LogP contribution in [-0.2, 0) is 4.79 Å². The minimum atomic E-state index is -2.86. The Kier molecular flexibility index (Phi) is 5.17. The van der Waals surface area contributed by atoms with Gasteiger partial charge in [-0.3, -0.25) is 4.79 Å². The molecule has 7 heteroatoms. The van der Waals surface area contributed by atoms with Crippen molar-refractivity contribution in [3.05, 3.63) is 22.2 Å². The number of aryl methyl sites for hydroxylation is 1. The van der Waals surface area contributed by atoms with Crippen molar-refractivity contribution >= 4 is 23.3 Å². The van der Waals surface area contributed by atoms with Gasteiger partial charge in [0.1, 0.15) is 6.10 Å². The van der Waals surface area contributed by atoms with Gasteiger partial charge in [-0.2, -0.15) is 0 Å². The molecule has 0 aliphatic rings. The van der Waals surface area contributed by atoms with Crippen LogP contribution in [0.25, 0.3) is 6.08 Å². The maximum atomic E-state index is 11.9. The Hall–Kier alpha value is -1.34. The van der Waals surface area contributed by atoms with Crippen LogP contribution < -0.4 is 5.32 Å². The highest BCUT2D eigenvalue weighted by molar-refractivity contribution is 7.09. The third kappa shape index (κ3) is 5.01. The third-order valence-corrected chi connectivity index (χ3v) is 2.61. The van der Waals surface area contributed by atoms with Gasteiger partial charge in [0.15, 0.2) is 0 Å². The van der Waals surface area contributed by atoms with Crippen LogP contribution in [0.15, 0.2) is 11.5 Å². The predicted octanol–water partition coefficient (Wildman–Crippen LogP) is 1.21. The number of carbonyl (C=O) groups is 1. The second kappa shape index (κ2) is 6.41. The molecule has 4 nitrogen and oxygen atoms in total. The number of rotatable bonds is 5. The van der Waals surface area contributed by atoms with Crippen LogP contribution in [0.2, 0.25) is 0 Å². The van der Waals surface area contributed by atoms with Crippen LogP contribution >= 0.6 is 11.3 Å². The summed E-state index contributed by atoms with van der Waals surface area (Å²) in [6.07, 6.45) is -2.03. The lowest BCUT2D eigenvalue weighted by atomic mass is 10.3. The van der Waals surface area contributed by atoms with E-state index in [1.54, 1.807) is 5.38 Å². The fraction of sp³-hybridized carbons (Fsp3) is 0.400. The zero-order valence-electron chi connectivity index (χ0n) is 9.06. The average molecular weight is 262 g/mol. The lowest BCUT2D eigenvalue weighted by Gasteiger charge is -2.08. The number of aliphatic hydroxyl groups excluding tert-OH is 1. The molecule has 94 valence electrons. The first-order chi connectivity index (χ1) is 7.99. The summed E-state index contributed by atoms with van der Waals surface area (Å²) in [5, 5.41) is 13.6. The van der Waals surface area contributed by atoms with Crippen molar-refractivity contribution in [2.75, 3.05) is 6.54 Å². The lowest BCUT2D eigenvalue weighted by Crippen LogP contribution is -2.34. The van der Waals surface area contributed by atoms with Crippen LogP contribution in [0.3, 0.4) is 0 Å². The highest BCUT2D eigenvalue weighted by Crippen LogP contribution is 2.08. The molecule has 1 heterocycles. The average Bonchev–Trinajstić information content (AvgIpc) is 2.69. The quantitative estimate of drug-likeness (QED) is 0.784. The molecule has 0 saturated carbocycles. The van der Waals surface area contributed by atoms with E-state index in [1.165, 1.54) is 23.5 Å². The Bertz CT molecular complexity index is 407. The first-order valence-electron chi connectivity index (χ1n) is 4.83. The van der Waals surface area contributed by atoms with Crippen molar-refractivity contribution in [2.24, 2.45) is 0 Å². The first-order valence-corrected chi connectivity index (χ1v) is 5.71. The molecule has 1 aromatic heterocycles. The molecule has 17 heavy (non-hydrogen) atoms. The van der Waals surface area contributed by atoms with Gasteiger partial charge in [0, 0.05) is 18.0 Å². The molecule has 0 aliphatic carbocycles. The number of nitrogens with zero attached hydrogens (tertiary/aromatic N) is 1. The number of thiazole rings is 1. The molecular formula is C10H12F2N2O2S. The largest absolute Gasteiger partial charge is 0.385 e. The number of alkyl halides is 2. The van der Waals surface area contributed by atoms with Gasteiger partial charge in [0.05, 0.1) is 10.7 Å². The Balaban J connectivity index is 2.37. The zero-order valence-corrected chi connectivity index (χ0v) is 9.88. The lowest BCUT2D eigenvalue weighted by molar-refractivity contribution is -0.117. The SMILES string of the molecule is Cc1nc(/C=C/C(=O)NCC(O)C(F)F)cs1. The third-order valence-electron chi connectivity index (χ3n) is 1.82. The smallest absolute Gasteiger partial charge is 0.265 e. The number of nitrogens with one attached hydrogen (secondary N) is 1. The maximum absolute atomic E-state index is 11.9. The summed E-state index contributed by atoms with van der Waals surface area (Å²) >= 11 is 1.44. The van der Waals surface area contributed by atoms with Gasteiger partial charge < -0.3 is 10.4 Å². The Morgan fingerprint density at radius 3 is 2.94 bits per heavy atom. The van der Waals surface area contributed by atoms with Crippen molar-refractivity contribution in [1.82, 2.24) is 10.3 Å². The second-order valence-corrected chi connectivity index (χ2v) is 4.33. The van der Waals surface area contributed by atoms with Crippen LogP contribution in [0.5, 0.6) is 0 Å². The normalized spacial score (nSPS) is 13.2. The number of aliphatic hydroxyl groups is 1. The highest BCUT2D eigenvalue weighted by Gasteiger charge is 2.16. The van der Waals surface area contributed by atoms with Gasteiger partial charge >= 0.3 is 0 Å². The van der Waals surface area contributed by atoms with Crippen LogP contribution in [0, 0.1) is 6.92 Å². The van der Waals surface area contributed by atoms with E-state index in [-0.39, 0.29) is 0 Å². The maximum Gasteiger partial charge on any atom is 0.265 e. The van der Waals surface area contributed by atoms with E-state index in [1.807, 2.05) is 6.92 Å². The Morgan fingerprint density at radius 1 is 1.71 bits per heavy atom. The van der Waals surface area contributed by atoms with E-state index in [0.717, 1.165) is 5.01 Å².